The summed E-state index contributed by atoms with van der Waals surface area (Å²) < 4.78 is 0. The molecule has 5 nitrogen and oxygen atoms in total. The van der Waals surface area contributed by atoms with Gasteiger partial charge in [0.1, 0.15) is 5.82 Å². The fraction of sp³-hybridized carbons (Fsp3) is 0.833. The van der Waals surface area contributed by atoms with E-state index in [0.29, 0.717) is 12.1 Å². The molecule has 2 N–H and O–H groups in total. The zero-order valence-electron chi connectivity index (χ0n) is 11.4. The molecule has 2 atom stereocenters. The maximum absolute atomic E-state index is 4.61. The van der Waals surface area contributed by atoms with Crippen molar-refractivity contribution in [1.82, 2.24) is 20.5 Å². The van der Waals surface area contributed by atoms with Crippen LogP contribution in [0.1, 0.15) is 40.4 Å². The van der Waals surface area contributed by atoms with Crippen LogP contribution in [0, 0.1) is 0 Å². The van der Waals surface area contributed by atoms with Gasteiger partial charge in [-0.05, 0) is 13.8 Å². The number of aromatic nitrogens is 3. The van der Waals surface area contributed by atoms with Gasteiger partial charge in [-0.3, -0.25) is 5.10 Å². The number of nitrogens with one attached hydrogen (secondary N) is 2. The molecule has 0 amide bonds. The molecule has 1 fully saturated rings. The van der Waals surface area contributed by atoms with Crippen molar-refractivity contribution in [2.24, 2.45) is 0 Å². The number of H-pyrrole nitrogens is 1. The van der Waals surface area contributed by atoms with Crippen molar-refractivity contribution in [1.29, 1.82) is 0 Å². The second-order valence-corrected chi connectivity index (χ2v) is 6.11. The summed E-state index contributed by atoms with van der Waals surface area (Å²) in [6, 6.07) is 0.964. The van der Waals surface area contributed by atoms with E-state index in [-0.39, 0.29) is 5.41 Å². The largest absolute Gasteiger partial charge is 0.336 e. The molecular formula is C12H23N5. The molecule has 0 bridgehead atoms. The second kappa shape index (κ2) is 4.29. The van der Waals surface area contributed by atoms with Gasteiger partial charge < -0.3 is 10.2 Å². The Labute approximate surface area is 103 Å². The lowest BCUT2D eigenvalue weighted by Crippen LogP contribution is -2.54. The van der Waals surface area contributed by atoms with Crippen molar-refractivity contribution >= 4 is 5.95 Å². The zero-order chi connectivity index (χ0) is 12.6. The van der Waals surface area contributed by atoms with Crippen molar-refractivity contribution in [2.75, 3.05) is 18.0 Å². The summed E-state index contributed by atoms with van der Waals surface area (Å²) >= 11 is 0. The summed E-state index contributed by atoms with van der Waals surface area (Å²) in [4.78, 5) is 6.85. The van der Waals surface area contributed by atoms with E-state index in [9.17, 15) is 0 Å². The van der Waals surface area contributed by atoms with E-state index in [1.165, 1.54) is 0 Å². The van der Waals surface area contributed by atoms with Crippen molar-refractivity contribution in [2.45, 2.75) is 52.1 Å². The maximum atomic E-state index is 4.61. The molecule has 5 heteroatoms. The predicted molar refractivity (Wildman–Crippen MR) is 69.4 cm³/mol. The summed E-state index contributed by atoms with van der Waals surface area (Å²) in [5, 5.41) is 10.9. The van der Waals surface area contributed by atoms with Gasteiger partial charge in [0, 0.05) is 30.6 Å². The molecule has 0 radical (unpaired) electrons. The number of hydrogen-bond donors (Lipinski definition) is 2. The Morgan fingerprint density at radius 2 is 1.76 bits per heavy atom. The van der Waals surface area contributed by atoms with Gasteiger partial charge in [0.15, 0.2) is 0 Å². The molecule has 1 aliphatic heterocycles. The number of piperazine rings is 1. The molecule has 0 saturated carbocycles. The topological polar surface area (TPSA) is 56.8 Å². The van der Waals surface area contributed by atoms with Gasteiger partial charge in [-0.15, -0.1) is 5.10 Å². The average Bonchev–Trinajstić information content (AvgIpc) is 2.63. The fourth-order valence-corrected chi connectivity index (χ4v) is 2.22. The minimum Gasteiger partial charge on any atom is -0.336 e. The van der Waals surface area contributed by atoms with Gasteiger partial charge in [0.25, 0.3) is 0 Å². The van der Waals surface area contributed by atoms with Crippen molar-refractivity contribution in [3.05, 3.63) is 5.82 Å². The Kier molecular flexibility index (Phi) is 3.12. The highest BCUT2D eigenvalue weighted by Crippen LogP contribution is 2.20. The van der Waals surface area contributed by atoms with Crippen molar-refractivity contribution < 1.29 is 0 Å². The highest BCUT2D eigenvalue weighted by Gasteiger charge is 2.25. The molecule has 2 unspecified atom stereocenters. The van der Waals surface area contributed by atoms with E-state index in [1.807, 2.05) is 0 Å². The minimum atomic E-state index is 0.0243. The van der Waals surface area contributed by atoms with Crippen LogP contribution in [0.2, 0.25) is 0 Å². The van der Waals surface area contributed by atoms with Crippen LogP contribution >= 0.6 is 0 Å². The molecule has 2 rings (SSSR count). The Morgan fingerprint density at radius 3 is 2.24 bits per heavy atom. The first-order valence-corrected chi connectivity index (χ1v) is 6.30. The average molecular weight is 237 g/mol. The Bertz CT molecular complexity index is 368. The third-order valence-electron chi connectivity index (χ3n) is 3.02. The second-order valence-electron chi connectivity index (χ2n) is 6.11. The smallest absolute Gasteiger partial charge is 0.244 e. The summed E-state index contributed by atoms with van der Waals surface area (Å²) in [5.41, 5.74) is 0.0243. The van der Waals surface area contributed by atoms with Gasteiger partial charge >= 0.3 is 0 Å². The normalized spacial score (nSPS) is 26.3. The molecule has 1 saturated heterocycles. The Balaban J connectivity index is 2.14. The van der Waals surface area contributed by atoms with Gasteiger partial charge in [-0.1, -0.05) is 20.8 Å². The molecule has 0 aromatic carbocycles. The molecule has 96 valence electrons. The van der Waals surface area contributed by atoms with Crippen LogP contribution in [0.3, 0.4) is 0 Å². The molecule has 17 heavy (non-hydrogen) atoms. The lowest BCUT2D eigenvalue weighted by atomic mass is 9.96. The number of aromatic amines is 1. The summed E-state index contributed by atoms with van der Waals surface area (Å²) in [7, 11) is 0. The standard InChI is InChI=1S/C12H23N5/c1-8-6-17(7-9(2)13-8)11-14-10(15-16-11)12(3,4)5/h8-9,13H,6-7H2,1-5H3,(H,14,15,16). The lowest BCUT2D eigenvalue weighted by Gasteiger charge is -2.35. The third-order valence-corrected chi connectivity index (χ3v) is 3.02. The van der Waals surface area contributed by atoms with Crippen LogP contribution < -0.4 is 10.2 Å². The van der Waals surface area contributed by atoms with Crippen LogP contribution in [0.5, 0.6) is 0 Å². The summed E-state index contributed by atoms with van der Waals surface area (Å²) in [6.07, 6.45) is 0. The van der Waals surface area contributed by atoms with Crippen LogP contribution in [0.4, 0.5) is 5.95 Å². The summed E-state index contributed by atoms with van der Waals surface area (Å²) in [6.45, 7) is 12.7. The number of rotatable bonds is 1. The molecule has 0 spiro atoms. The van der Waals surface area contributed by atoms with Crippen LogP contribution in [0.15, 0.2) is 0 Å². The van der Waals surface area contributed by atoms with Crippen molar-refractivity contribution in [3.8, 4) is 0 Å². The third kappa shape index (κ3) is 2.77. The van der Waals surface area contributed by atoms with E-state index in [2.05, 4.69) is 60.0 Å². The molecule has 2 heterocycles. The summed E-state index contributed by atoms with van der Waals surface area (Å²) in [5.74, 6) is 1.78. The van der Waals surface area contributed by atoms with Gasteiger partial charge in [0.05, 0.1) is 0 Å². The first-order valence-electron chi connectivity index (χ1n) is 6.30. The zero-order valence-corrected chi connectivity index (χ0v) is 11.4. The van der Waals surface area contributed by atoms with Crippen molar-refractivity contribution in [3.63, 3.8) is 0 Å². The molecular weight excluding hydrogens is 214 g/mol. The van der Waals surface area contributed by atoms with Gasteiger partial charge in [0.2, 0.25) is 5.95 Å². The first-order chi connectivity index (χ1) is 7.86. The van der Waals surface area contributed by atoms with E-state index >= 15 is 0 Å². The molecule has 0 aliphatic carbocycles. The van der Waals surface area contributed by atoms with E-state index in [1.54, 1.807) is 0 Å². The molecule has 1 aliphatic rings. The van der Waals surface area contributed by atoms with Crippen LogP contribution in [-0.4, -0.2) is 40.4 Å². The molecule has 1 aromatic rings. The number of nitrogens with zero attached hydrogens (tertiary/aromatic N) is 3. The molecule has 1 aromatic heterocycles. The highest BCUT2D eigenvalue weighted by atomic mass is 15.4. The van der Waals surface area contributed by atoms with E-state index in [4.69, 9.17) is 0 Å². The monoisotopic (exact) mass is 237 g/mol. The maximum Gasteiger partial charge on any atom is 0.244 e. The SMILES string of the molecule is CC1CN(c2n[nH]c(C(C)(C)C)n2)CC(C)N1. The minimum absolute atomic E-state index is 0.0243. The number of anilines is 1. The number of hydrogen-bond acceptors (Lipinski definition) is 4. The van der Waals surface area contributed by atoms with Gasteiger partial charge in [-0.25, -0.2) is 0 Å². The highest BCUT2D eigenvalue weighted by molar-refractivity contribution is 5.31. The Morgan fingerprint density at radius 1 is 1.18 bits per heavy atom. The Hall–Kier alpha value is -1.10. The van der Waals surface area contributed by atoms with Crippen LogP contribution in [-0.2, 0) is 5.41 Å². The van der Waals surface area contributed by atoms with E-state index < -0.39 is 0 Å². The fourth-order valence-electron chi connectivity index (χ4n) is 2.22. The van der Waals surface area contributed by atoms with E-state index in [0.717, 1.165) is 24.9 Å². The van der Waals surface area contributed by atoms with Crippen LogP contribution in [0.25, 0.3) is 0 Å². The van der Waals surface area contributed by atoms with Gasteiger partial charge in [-0.2, -0.15) is 4.98 Å². The quantitative estimate of drug-likeness (QED) is 0.773. The first kappa shape index (κ1) is 12.4. The lowest BCUT2D eigenvalue weighted by molar-refractivity contribution is 0.403. The predicted octanol–water partition coefficient (Wildman–Crippen LogP) is 1.29.